The van der Waals surface area contributed by atoms with Crippen LogP contribution in [0, 0.1) is 24.9 Å². The van der Waals surface area contributed by atoms with Crippen molar-refractivity contribution in [3.05, 3.63) is 169 Å². The Labute approximate surface area is 296 Å². The zero-order valence-corrected chi connectivity index (χ0v) is 28.7. The van der Waals surface area contributed by atoms with Crippen LogP contribution in [0.5, 0.6) is 0 Å². The molecule has 0 saturated carbocycles. The SMILES string of the molecule is Cc1nc(-c2ccccc2)cc2nc(-c3[c-]cc(F)c4c3oc3ccccc34)n(-c3ccccc3)c12.[Ir].[c-]1ccccc1-c1ccccn1. The van der Waals surface area contributed by atoms with Gasteiger partial charge >= 0.3 is 0 Å². The first-order valence-electron chi connectivity index (χ1n) is 15.6. The maximum absolute atomic E-state index is 15.0. The molecule has 9 rings (SSSR count). The molecule has 0 bridgehead atoms. The first kappa shape index (κ1) is 31.8. The van der Waals surface area contributed by atoms with Crippen molar-refractivity contribution >= 4 is 33.0 Å². The van der Waals surface area contributed by atoms with Crippen molar-refractivity contribution in [3.8, 4) is 39.6 Å². The molecule has 0 fully saturated rings. The number of aryl methyl sites for hydroxylation is 1. The molecular weight excluding hydrogens is 788 g/mol. The van der Waals surface area contributed by atoms with Gasteiger partial charge in [-0.1, -0.05) is 84.4 Å². The average molecular weight is 815 g/mol. The molecule has 4 heterocycles. The predicted molar refractivity (Wildman–Crippen MR) is 189 cm³/mol. The summed E-state index contributed by atoms with van der Waals surface area (Å²) in [6.45, 7) is 1.99. The van der Waals surface area contributed by atoms with Crippen molar-refractivity contribution < 1.29 is 28.9 Å². The largest absolute Gasteiger partial charge is 0.500 e. The van der Waals surface area contributed by atoms with E-state index < -0.39 is 0 Å². The number of hydrogen-bond donors (Lipinski definition) is 0. The van der Waals surface area contributed by atoms with E-state index in [4.69, 9.17) is 14.4 Å². The minimum Gasteiger partial charge on any atom is -0.500 e. The molecular formula is C42H27FIrN4O-2. The average Bonchev–Trinajstić information content (AvgIpc) is 3.74. The molecule has 0 N–H and O–H groups in total. The first-order valence-corrected chi connectivity index (χ1v) is 15.6. The summed E-state index contributed by atoms with van der Waals surface area (Å²) in [6.07, 6.45) is 1.79. The van der Waals surface area contributed by atoms with Gasteiger partial charge in [0.1, 0.15) is 5.58 Å². The van der Waals surface area contributed by atoms with Crippen LogP contribution < -0.4 is 0 Å². The minimum atomic E-state index is -0.370. The Morgan fingerprint density at radius 2 is 1.47 bits per heavy atom. The Bertz CT molecular complexity index is 2480. The summed E-state index contributed by atoms with van der Waals surface area (Å²) in [5.41, 5.74) is 8.98. The Balaban J connectivity index is 0.000000246. The Morgan fingerprint density at radius 1 is 0.735 bits per heavy atom. The molecule has 0 aliphatic heterocycles. The second-order valence-electron chi connectivity index (χ2n) is 11.2. The van der Waals surface area contributed by atoms with E-state index in [-0.39, 0.29) is 25.9 Å². The topological polar surface area (TPSA) is 56.7 Å². The van der Waals surface area contributed by atoms with Gasteiger partial charge < -0.3 is 14.0 Å². The zero-order valence-electron chi connectivity index (χ0n) is 26.3. The summed E-state index contributed by atoms with van der Waals surface area (Å²) >= 11 is 0. The van der Waals surface area contributed by atoms with E-state index in [1.165, 1.54) is 6.07 Å². The summed E-state index contributed by atoms with van der Waals surface area (Å²) in [5.74, 6) is 0.251. The van der Waals surface area contributed by atoms with E-state index in [0.717, 1.165) is 50.3 Å². The fourth-order valence-corrected chi connectivity index (χ4v) is 6.01. The van der Waals surface area contributed by atoms with Gasteiger partial charge in [0.25, 0.3) is 0 Å². The third kappa shape index (κ3) is 6.06. The fraction of sp³-hybridized carbons (Fsp3) is 0.0238. The quantitative estimate of drug-likeness (QED) is 0.166. The number of imidazole rings is 1. The molecule has 239 valence electrons. The van der Waals surface area contributed by atoms with Gasteiger partial charge in [0.15, 0.2) is 0 Å². The van der Waals surface area contributed by atoms with Gasteiger partial charge in [-0.25, -0.2) is 0 Å². The third-order valence-electron chi connectivity index (χ3n) is 8.17. The molecule has 0 unspecified atom stereocenters. The molecule has 0 aliphatic rings. The number of aromatic nitrogens is 4. The van der Waals surface area contributed by atoms with E-state index in [2.05, 4.69) is 21.7 Å². The van der Waals surface area contributed by atoms with E-state index in [0.29, 0.717) is 27.9 Å². The maximum atomic E-state index is 15.0. The number of rotatable bonds is 4. The Morgan fingerprint density at radius 3 is 2.22 bits per heavy atom. The van der Waals surface area contributed by atoms with Gasteiger partial charge in [-0.2, -0.15) is 0 Å². The number of para-hydroxylation sites is 2. The number of benzene rings is 5. The monoisotopic (exact) mass is 815 g/mol. The van der Waals surface area contributed by atoms with Crippen LogP contribution in [-0.4, -0.2) is 19.5 Å². The van der Waals surface area contributed by atoms with Crippen molar-refractivity contribution in [2.24, 2.45) is 0 Å². The number of fused-ring (bicyclic) bond motifs is 4. The van der Waals surface area contributed by atoms with Gasteiger partial charge in [0, 0.05) is 48.8 Å². The summed E-state index contributed by atoms with van der Waals surface area (Å²) in [7, 11) is 0. The van der Waals surface area contributed by atoms with Crippen molar-refractivity contribution in [3.63, 3.8) is 0 Å². The Hall–Kier alpha value is -5.75. The van der Waals surface area contributed by atoms with Crippen LogP contribution in [0.3, 0.4) is 0 Å². The molecule has 0 spiro atoms. The molecule has 0 aliphatic carbocycles. The first-order chi connectivity index (χ1) is 23.7. The zero-order chi connectivity index (χ0) is 32.5. The molecule has 49 heavy (non-hydrogen) atoms. The second kappa shape index (κ2) is 13.8. The number of pyridine rings is 2. The molecule has 9 aromatic rings. The van der Waals surface area contributed by atoms with Crippen molar-refractivity contribution in [1.82, 2.24) is 19.5 Å². The van der Waals surface area contributed by atoms with Crippen molar-refractivity contribution in [2.45, 2.75) is 6.92 Å². The van der Waals surface area contributed by atoms with Crippen LogP contribution in [0.15, 0.2) is 150 Å². The van der Waals surface area contributed by atoms with Crippen molar-refractivity contribution in [2.75, 3.05) is 0 Å². The number of furan rings is 1. The number of hydrogen-bond acceptors (Lipinski definition) is 4. The van der Waals surface area contributed by atoms with Crippen LogP contribution >= 0.6 is 0 Å². The van der Waals surface area contributed by atoms with Crippen LogP contribution in [0.25, 0.3) is 72.6 Å². The Kier molecular flexibility index (Phi) is 8.95. The van der Waals surface area contributed by atoms with E-state index in [1.54, 1.807) is 6.20 Å². The summed E-state index contributed by atoms with van der Waals surface area (Å²) in [5, 5.41) is 1.16. The van der Waals surface area contributed by atoms with Crippen LogP contribution in [0.2, 0.25) is 0 Å². The molecule has 0 atom stereocenters. The second-order valence-corrected chi connectivity index (χ2v) is 11.2. The molecule has 0 amide bonds. The number of nitrogens with zero attached hydrogens (tertiary/aromatic N) is 4. The van der Waals surface area contributed by atoms with Gasteiger partial charge in [0.05, 0.1) is 33.8 Å². The molecule has 1 radical (unpaired) electrons. The fourth-order valence-electron chi connectivity index (χ4n) is 6.01. The molecule has 5 aromatic carbocycles. The summed E-state index contributed by atoms with van der Waals surface area (Å²) < 4.78 is 23.3. The van der Waals surface area contributed by atoms with E-state index in [9.17, 15) is 0 Å². The number of halogens is 1. The standard InChI is InChI=1S/C31H19FN3O.C11H8N.Ir/c1-19-29-26(18-25(33-19)20-10-4-2-5-11-20)34-31(35(29)21-12-6-3-7-13-21)23-16-17-24(32)28-22-14-8-9-15-27(22)36-30(23)28;1-2-6-10(7-3-1)11-8-4-5-9-12-11;/h2-15,17-18H,1H3;1-6,8-9H;/q2*-1;. The van der Waals surface area contributed by atoms with Gasteiger partial charge in [-0.15, -0.1) is 48.0 Å². The van der Waals surface area contributed by atoms with Gasteiger partial charge in [-0.3, -0.25) is 14.4 Å². The summed E-state index contributed by atoms with van der Waals surface area (Å²) in [4.78, 5) is 14.2. The molecule has 7 heteroatoms. The van der Waals surface area contributed by atoms with Crippen molar-refractivity contribution in [1.29, 1.82) is 0 Å². The van der Waals surface area contributed by atoms with Gasteiger partial charge in [0.2, 0.25) is 0 Å². The van der Waals surface area contributed by atoms with E-state index in [1.807, 2.05) is 140 Å². The maximum Gasteiger partial charge on any atom is 0.121 e. The normalized spacial score (nSPS) is 10.9. The van der Waals surface area contributed by atoms with Crippen LogP contribution in [0.1, 0.15) is 5.69 Å². The van der Waals surface area contributed by atoms with Crippen LogP contribution in [0.4, 0.5) is 4.39 Å². The van der Waals surface area contributed by atoms with Crippen LogP contribution in [-0.2, 0) is 20.1 Å². The predicted octanol–water partition coefficient (Wildman–Crippen LogP) is 10.4. The molecule has 4 aromatic heterocycles. The molecule has 0 saturated heterocycles. The smallest absolute Gasteiger partial charge is 0.121 e. The van der Waals surface area contributed by atoms with Gasteiger partial charge in [-0.05, 0) is 48.3 Å². The molecule has 5 nitrogen and oxygen atoms in total. The van der Waals surface area contributed by atoms with E-state index >= 15 is 4.39 Å². The summed E-state index contributed by atoms with van der Waals surface area (Å²) in [6, 6.07) is 50.8. The third-order valence-corrected chi connectivity index (χ3v) is 8.17. The minimum absolute atomic E-state index is 0.